The van der Waals surface area contributed by atoms with Crippen LogP contribution < -0.4 is 4.74 Å². The maximum absolute atomic E-state index is 12.6. The Morgan fingerprint density at radius 2 is 1.89 bits per heavy atom. The van der Waals surface area contributed by atoms with Gasteiger partial charge in [0.25, 0.3) is 11.6 Å². The third-order valence-corrected chi connectivity index (χ3v) is 5.40. The van der Waals surface area contributed by atoms with E-state index < -0.39 is 4.92 Å². The zero-order valence-electron chi connectivity index (χ0n) is 14.3. The summed E-state index contributed by atoms with van der Waals surface area (Å²) in [4.78, 5) is 24.9. The van der Waals surface area contributed by atoms with Crippen molar-refractivity contribution < 1.29 is 14.5 Å². The van der Waals surface area contributed by atoms with Gasteiger partial charge in [-0.3, -0.25) is 14.9 Å². The van der Waals surface area contributed by atoms with E-state index in [1.165, 1.54) is 25.0 Å². The van der Waals surface area contributed by atoms with E-state index in [4.69, 9.17) is 27.9 Å². The predicted molar refractivity (Wildman–Crippen MR) is 102 cm³/mol. The van der Waals surface area contributed by atoms with Crippen LogP contribution in [0.25, 0.3) is 0 Å². The van der Waals surface area contributed by atoms with Crippen molar-refractivity contribution >= 4 is 34.8 Å². The highest BCUT2D eigenvalue weighted by Gasteiger charge is 2.30. The van der Waals surface area contributed by atoms with Gasteiger partial charge in [0.2, 0.25) is 0 Å². The smallest absolute Gasteiger partial charge is 0.272 e. The lowest BCUT2D eigenvalue weighted by Gasteiger charge is -2.29. The van der Waals surface area contributed by atoms with Crippen LogP contribution in [0.15, 0.2) is 30.3 Å². The van der Waals surface area contributed by atoms with Crippen molar-refractivity contribution in [3.63, 3.8) is 0 Å². The van der Waals surface area contributed by atoms with Gasteiger partial charge in [-0.15, -0.1) is 0 Å². The number of hydrogen-bond acceptors (Lipinski definition) is 4. The second-order valence-electron chi connectivity index (χ2n) is 6.86. The zero-order valence-corrected chi connectivity index (χ0v) is 15.8. The molecule has 1 amide bonds. The molecular weight excluding hydrogens is 391 g/mol. The van der Waals surface area contributed by atoms with Gasteiger partial charge in [0.1, 0.15) is 5.75 Å². The van der Waals surface area contributed by atoms with Crippen LogP contribution in [0.2, 0.25) is 10.0 Å². The summed E-state index contributed by atoms with van der Waals surface area (Å²) >= 11 is 12.2. The number of nitro groups is 1. The summed E-state index contributed by atoms with van der Waals surface area (Å²) in [6, 6.07) is 7.63. The molecule has 1 fully saturated rings. The minimum atomic E-state index is -0.570. The number of amides is 1. The molecule has 0 N–H and O–H groups in total. The number of halogens is 2. The molecule has 0 spiro atoms. The van der Waals surface area contributed by atoms with Crippen LogP contribution in [-0.4, -0.2) is 28.8 Å². The monoisotopic (exact) mass is 406 g/mol. The molecule has 0 aromatic heterocycles. The number of carbonyl (C=O) groups excluding carboxylic acids is 1. The maximum Gasteiger partial charge on any atom is 0.272 e. The summed E-state index contributed by atoms with van der Waals surface area (Å²) in [5, 5.41) is 11.0. The highest BCUT2D eigenvalue weighted by atomic mass is 35.5. The molecule has 1 saturated carbocycles. The summed E-state index contributed by atoms with van der Waals surface area (Å²) in [7, 11) is 0. The first kappa shape index (κ1) is 18.1. The largest absolute Gasteiger partial charge is 0.454 e. The lowest BCUT2D eigenvalue weighted by atomic mass is 9.98. The Kier molecular flexibility index (Phi) is 4.70. The zero-order chi connectivity index (χ0) is 19.1. The number of nitrogens with zero attached hydrogens (tertiary/aromatic N) is 2. The topological polar surface area (TPSA) is 72.7 Å². The van der Waals surface area contributed by atoms with Crippen molar-refractivity contribution in [1.82, 2.24) is 4.90 Å². The van der Waals surface area contributed by atoms with Crippen LogP contribution in [0.4, 0.5) is 5.69 Å². The van der Waals surface area contributed by atoms with E-state index in [-0.39, 0.29) is 27.4 Å². The summed E-state index contributed by atoms with van der Waals surface area (Å²) in [5.74, 6) is 1.35. The molecule has 0 atom stereocenters. The standard InChI is InChI=1S/C19H16Cl2N2O4/c20-16-8-13(23(25)26)9-17(21)18(16)27-14-3-4-15-12(7-14)5-6-22(19(15)24)10-11-1-2-11/h3-4,7-9,11H,1-2,5-6,10H2. The van der Waals surface area contributed by atoms with Gasteiger partial charge in [-0.1, -0.05) is 23.2 Å². The molecule has 2 aromatic rings. The minimum Gasteiger partial charge on any atom is -0.454 e. The fourth-order valence-electron chi connectivity index (χ4n) is 3.23. The first-order valence-electron chi connectivity index (χ1n) is 8.66. The molecule has 1 heterocycles. The van der Waals surface area contributed by atoms with Gasteiger partial charge < -0.3 is 9.64 Å². The molecule has 6 nitrogen and oxygen atoms in total. The number of nitro benzene ring substituents is 1. The van der Waals surface area contributed by atoms with E-state index in [1.807, 2.05) is 4.90 Å². The average Bonchev–Trinajstić information content (AvgIpc) is 3.44. The van der Waals surface area contributed by atoms with Gasteiger partial charge in [-0.05, 0) is 48.9 Å². The summed E-state index contributed by atoms with van der Waals surface area (Å²) in [6.45, 7) is 1.54. The van der Waals surface area contributed by atoms with E-state index in [1.54, 1.807) is 18.2 Å². The van der Waals surface area contributed by atoms with Gasteiger partial charge in [0.05, 0.1) is 15.0 Å². The Labute approximate surface area is 165 Å². The normalized spacial score (nSPS) is 16.2. The number of non-ortho nitro benzene ring substituents is 1. The Morgan fingerprint density at radius 1 is 1.19 bits per heavy atom. The van der Waals surface area contributed by atoms with Crippen LogP contribution in [0.1, 0.15) is 28.8 Å². The molecule has 2 aromatic carbocycles. The lowest BCUT2D eigenvalue weighted by molar-refractivity contribution is -0.384. The molecule has 0 radical (unpaired) electrons. The molecular formula is C19H16Cl2N2O4. The van der Waals surface area contributed by atoms with Crippen LogP contribution in [0.3, 0.4) is 0 Å². The fourth-order valence-corrected chi connectivity index (χ4v) is 3.78. The fraction of sp³-hybridized carbons (Fsp3) is 0.316. The Bertz CT molecular complexity index is 920. The molecule has 4 rings (SSSR count). The Balaban J connectivity index is 1.56. The molecule has 1 aliphatic carbocycles. The quantitative estimate of drug-likeness (QED) is 0.511. The minimum absolute atomic E-state index is 0.0543. The highest BCUT2D eigenvalue weighted by Crippen LogP contribution is 2.40. The molecule has 0 unspecified atom stereocenters. The number of fused-ring (bicyclic) bond motifs is 1. The lowest BCUT2D eigenvalue weighted by Crippen LogP contribution is -2.38. The first-order chi connectivity index (χ1) is 12.9. The average molecular weight is 407 g/mol. The number of hydrogen-bond donors (Lipinski definition) is 0. The molecule has 0 bridgehead atoms. The first-order valence-corrected chi connectivity index (χ1v) is 9.41. The summed E-state index contributed by atoms with van der Waals surface area (Å²) in [5.41, 5.74) is 1.40. The van der Waals surface area contributed by atoms with Crippen molar-refractivity contribution in [3.8, 4) is 11.5 Å². The summed E-state index contributed by atoms with van der Waals surface area (Å²) < 4.78 is 5.77. The molecule has 2 aliphatic rings. The predicted octanol–water partition coefficient (Wildman–Crippen LogP) is 5.10. The van der Waals surface area contributed by atoms with Gasteiger partial charge in [-0.2, -0.15) is 0 Å². The molecule has 0 saturated heterocycles. The maximum atomic E-state index is 12.6. The SMILES string of the molecule is O=C1c2ccc(Oc3c(Cl)cc([N+](=O)[O-])cc3Cl)cc2CCN1CC1CC1. The van der Waals surface area contributed by atoms with Gasteiger partial charge in [0.15, 0.2) is 5.75 Å². The van der Waals surface area contributed by atoms with Crippen molar-refractivity contribution in [2.75, 3.05) is 13.1 Å². The van der Waals surface area contributed by atoms with Gasteiger partial charge in [0, 0.05) is 30.8 Å². The number of benzene rings is 2. The molecule has 1 aliphatic heterocycles. The van der Waals surface area contributed by atoms with Crippen LogP contribution in [-0.2, 0) is 6.42 Å². The van der Waals surface area contributed by atoms with Crippen molar-refractivity contribution in [2.45, 2.75) is 19.3 Å². The second-order valence-corrected chi connectivity index (χ2v) is 7.68. The van der Waals surface area contributed by atoms with E-state index in [0.717, 1.165) is 18.5 Å². The van der Waals surface area contributed by atoms with E-state index in [2.05, 4.69) is 0 Å². The van der Waals surface area contributed by atoms with Crippen molar-refractivity contribution in [1.29, 1.82) is 0 Å². The molecule has 27 heavy (non-hydrogen) atoms. The third-order valence-electron chi connectivity index (χ3n) is 4.83. The van der Waals surface area contributed by atoms with Crippen molar-refractivity contribution in [2.24, 2.45) is 5.92 Å². The third kappa shape index (κ3) is 3.73. The Hall–Kier alpha value is -2.31. The van der Waals surface area contributed by atoms with Crippen molar-refractivity contribution in [3.05, 3.63) is 61.6 Å². The second kappa shape index (κ2) is 7.02. The van der Waals surface area contributed by atoms with E-state index in [9.17, 15) is 14.9 Å². The number of carbonyl (C=O) groups is 1. The van der Waals surface area contributed by atoms with Gasteiger partial charge in [-0.25, -0.2) is 0 Å². The van der Waals surface area contributed by atoms with Crippen LogP contribution in [0, 0.1) is 16.0 Å². The van der Waals surface area contributed by atoms with E-state index in [0.29, 0.717) is 23.8 Å². The number of rotatable bonds is 5. The van der Waals surface area contributed by atoms with Gasteiger partial charge >= 0.3 is 0 Å². The molecule has 8 heteroatoms. The number of ether oxygens (including phenoxy) is 1. The summed E-state index contributed by atoms with van der Waals surface area (Å²) in [6.07, 6.45) is 3.17. The van der Waals surface area contributed by atoms with E-state index >= 15 is 0 Å². The Morgan fingerprint density at radius 3 is 2.52 bits per heavy atom. The van der Waals surface area contributed by atoms with Crippen LogP contribution >= 0.6 is 23.2 Å². The molecule has 140 valence electrons. The van der Waals surface area contributed by atoms with Crippen LogP contribution in [0.5, 0.6) is 11.5 Å². The highest BCUT2D eigenvalue weighted by molar-refractivity contribution is 6.37.